The maximum Gasteiger partial charge on any atom is 0.270 e. The average Bonchev–Trinajstić information content (AvgIpc) is 3.06. The summed E-state index contributed by atoms with van der Waals surface area (Å²) in [6, 6.07) is 17.4. The van der Waals surface area contributed by atoms with Gasteiger partial charge < -0.3 is 19.5 Å². The van der Waals surface area contributed by atoms with Gasteiger partial charge in [-0.15, -0.1) is 0 Å². The Bertz CT molecular complexity index is 880. The number of rotatable bonds is 3. The maximum atomic E-state index is 12.7. The van der Waals surface area contributed by atoms with E-state index in [1.165, 1.54) is 4.90 Å². The Morgan fingerprint density at radius 3 is 2.56 bits per heavy atom. The summed E-state index contributed by atoms with van der Waals surface area (Å²) >= 11 is 0. The van der Waals surface area contributed by atoms with Gasteiger partial charge in [0.15, 0.2) is 0 Å². The van der Waals surface area contributed by atoms with Crippen LogP contribution in [-0.2, 0) is 0 Å². The molecule has 2 aromatic carbocycles. The van der Waals surface area contributed by atoms with Crippen LogP contribution in [-0.4, -0.2) is 49.0 Å². The number of likely N-dealkylation sites (N-methyl/N-ethyl adjacent to an activating group) is 1. The van der Waals surface area contributed by atoms with Gasteiger partial charge in [0, 0.05) is 10.9 Å². The molecule has 0 spiro atoms. The lowest BCUT2D eigenvalue weighted by Crippen LogP contribution is -3.12. The SMILES string of the molecule is C[NH+]1CCN(C(=O)c2cc3cc(Oc4ccccc4)ccc3[nH]2)CC1. The molecule has 128 valence electrons. The predicted molar refractivity (Wildman–Crippen MR) is 97.3 cm³/mol. The molecule has 0 saturated carbocycles. The Labute approximate surface area is 146 Å². The fourth-order valence-corrected chi connectivity index (χ4v) is 3.18. The zero-order valence-electron chi connectivity index (χ0n) is 14.3. The highest BCUT2D eigenvalue weighted by molar-refractivity contribution is 5.98. The van der Waals surface area contributed by atoms with E-state index in [9.17, 15) is 4.79 Å². The molecule has 0 unspecified atom stereocenters. The molecular formula is C20H22N3O2+. The first-order valence-corrected chi connectivity index (χ1v) is 8.65. The smallest absolute Gasteiger partial charge is 0.270 e. The predicted octanol–water partition coefficient (Wildman–Crippen LogP) is 1.93. The molecular weight excluding hydrogens is 314 g/mol. The van der Waals surface area contributed by atoms with Crippen molar-refractivity contribution in [3.05, 3.63) is 60.3 Å². The van der Waals surface area contributed by atoms with Crippen LogP contribution in [0, 0.1) is 0 Å². The van der Waals surface area contributed by atoms with Gasteiger partial charge in [-0.25, -0.2) is 0 Å². The fourth-order valence-electron chi connectivity index (χ4n) is 3.18. The Kier molecular flexibility index (Phi) is 4.15. The molecule has 1 saturated heterocycles. The minimum atomic E-state index is 0.0780. The number of piperazine rings is 1. The average molecular weight is 336 g/mol. The van der Waals surface area contributed by atoms with Crippen molar-refractivity contribution in [1.29, 1.82) is 0 Å². The maximum absolute atomic E-state index is 12.7. The van der Waals surface area contributed by atoms with Crippen molar-refractivity contribution in [3.63, 3.8) is 0 Å². The second kappa shape index (κ2) is 6.61. The molecule has 0 atom stereocenters. The highest BCUT2D eigenvalue weighted by Gasteiger charge is 2.23. The molecule has 2 N–H and O–H groups in total. The molecule has 3 aromatic rings. The summed E-state index contributed by atoms with van der Waals surface area (Å²) in [5.74, 6) is 1.64. The number of hydrogen-bond acceptors (Lipinski definition) is 2. The van der Waals surface area contributed by atoms with Crippen LogP contribution in [0.1, 0.15) is 10.5 Å². The molecule has 1 amide bonds. The van der Waals surface area contributed by atoms with Crippen LogP contribution < -0.4 is 9.64 Å². The van der Waals surface area contributed by atoms with E-state index in [2.05, 4.69) is 12.0 Å². The molecule has 5 heteroatoms. The normalized spacial score (nSPS) is 15.5. The zero-order chi connectivity index (χ0) is 17.2. The molecule has 1 aliphatic rings. The lowest BCUT2D eigenvalue weighted by atomic mass is 10.2. The van der Waals surface area contributed by atoms with Gasteiger partial charge in [-0.2, -0.15) is 0 Å². The summed E-state index contributed by atoms with van der Waals surface area (Å²) < 4.78 is 5.87. The monoisotopic (exact) mass is 336 g/mol. The molecule has 1 aliphatic heterocycles. The number of fused-ring (bicyclic) bond motifs is 1. The molecule has 0 radical (unpaired) electrons. The first-order chi connectivity index (χ1) is 12.2. The van der Waals surface area contributed by atoms with Gasteiger partial charge in [-0.1, -0.05) is 18.2 Å². The third-order valence-electron chi connectivity index (χ3n) is 4.71. The van der Waals surface area contributed by atoms with Crippen molar-refractivity contribution in [1.82, 2.24) is 9.88 Å². The van der Waals surface area contributed by atoms with E-state index in [-0.39, 0.29) is 5.91 Å². The van der Waals surface area contributed by atoms with E-state index in [1.807, 2.05) is 59.5 Å². The zero-order valence-corrected chi connectivity index (χ0v) is 14.3. The highest BCUT2D eigenvalue weighted by atomic mass is 16.5. The molecule has 0 aliphatic carbocycles. The first kappa shape index (κ1) is 15.7. The van der Waals surface area contributed by atoms with E-state index in [0.717, 1.165) is 48.6 Å². The number of nitrogens with one attached hydrogen (secondary N) is 2. The standard InChI is InChI=1S/C20H21N3O2/c1-22-9-11-23(12-10-22)20(24)19-14-15-13-17(7-8-18(15)21-19)25-16-5-3-2-4-6-16/h2-8,13-14,21H,9-12H2,1H3/p+1. The van der Waals surface area contributed by atoms with E-state index in [1.54, 1.807) is 0 Å². The minimum Gasteiger partial charge on any atom is -0.457 e. The van der Waals surface area contributed by atoms with Gasteiger partial charge in [-0.05, 0) is 36.4 Å². The topological polar surface area (TPSA) is 49.8 Å². The van der Waals surface area contributed by atoms with Crippen LogP contribution >= 0.6 is 0 Å². The Balaban J connectivity index is 1.55. The van der Waals surface area contributed by atoms with Crippen molar-refractivity contribution in [2.24, 2.45) is 0 Å². The lowest BCUT2D eigenvalue weighted by Gasteiger charge is -2.29. The second-order valence-corrected chi connectivity index (χ2v) is 6.60. The summed E-state index contributed by atoms with van der Waals surface area (Å²) in [5.41, 5.74) is 1.59. The van der Waals surface area contributed by atoms with E-state index in [4.69, 9.17) is 4.74 Å². The third kappa shape index (κ3) is 3.37. The minimum absolute atomic E-state index is 0.0780. The van der Waals surface area contributed by atoms with Crippen LogP contribution in [0.3, 0.4) is 0 Å². The fraction of sp³-hybridized carbons (Fsp3) is 0.250. The van der Waals surface area contributed by atoms with Gasteiger partial charge in [0.25, 0.3) is 5.91 Å². The summed E-state index contributed by atoms with van der Waals surface area (Å²) in [7, 11) is 2.17. The van der Waals surface area contributed by atoms with Crippen molar-refractivity contribution < 1.29 is 14.4 Å². The van der Waals surface area contributed by atoms with Gasteiger partial charge in [0.2, 0.25) is 0 Å². The van der Waals surface area contributed by atoms with Crippen molar-refractivity contribution in [2.45, 2.75) is 0 Å². The molecule has 4 rings (SSSR count). The number of aromatic amines is 1. The third-order valence-corrected chi connectivity index (χ3v) is 4.71. The van der Waals surface area contributed by atoms with Crippen molar-refractivity contribution in [2.75, 3.05) is 33.2 Å². The molecule has 25 heavy (non-hydrogen) atoms. The van der Waals surface area contributed by atoms with Gasteiger partial charge >= 0.3 is 0 Å². The van der Waals surface area contributed by atoms with Gasteiger partial charge in [0.1, 0.15) is 17.2 Å². The first-order valence-electron chi connectivity index (χ1n) is 8.65. The van der Waals surface area contributed by atoms with E-state index >= 15 is 0 Å². The van der Waals surface area contributed by atoms with Crippen LogP contribution in [0.5, 0.6) is 11.5 Å². The number of nitrogens with zero attached hydrogens (tertiary/aromatic N) is 1. The molecule has 1 aromatic heterocycles. The van der Waals surface area contributed by atoms with Crippen molar-refractivity contribution >= 4 is 16.8 Å². The molecule has 1 fully saturated rings. The quantitative estimate of drug-likeness (QED) is 0.768. The summed E-state index contributed by atoms with van der Waals surface area (Å²) in [5, 5.41) is 0.983. The van der Waals surface area contributed by atoms with Crippen LogP contribution in [0.15, 0.2) is 54.6 Å². The molecule has 5 nitrogen and oxygen atoms in total. The summed E-state index contributed by atoms with van der Waals surface area (Å²) in [6.45, 7) is 3.62. The van der Waals surface area contributed by atoms with E-state index < -0.39 is 0 Å². The number of amides is 1. The molecule has 2 heterocycles. The largest absolute Gasteiger partial charge is 0.457 e. The number of carbonyl (C=O) groups is 1. The number of para-hydroxylation sites is 1. The number of carbonyl (C=O) groups excluding carboxylic acids is 1. The number of quaternary nitrogens is 1. The highest BCUT2D eigenvalue weighted by Crippen LogP contribution is 2.26. The van der Waals surface area contributed by atoms with Gasteiger partial charge in [-0.3, -0.25) is 4.79 Å². The summed E-state index contributed by atoms with van der Waals surface area (Å²) in [4.78, 5) is 19.4. The number of ether oxygens (including phenoxy) is 1. The van der Waals surface area contributed by atoms with Gasteiger partial charge in [0.05, 0.1) is 33.2 Å². The van der Waals surface area contributed by atoms with Crippen LogP contribution in [0.2, 0.25) is 0 Å². The number of aromatic nitrogens is 1. The van der Waals surface area contributed by atoms with Crippen LogP contribution in [0.4, 0.5) is 0 Å². The lowest BCUT2D eigenvalue weighted by molar-refractivity contribution is -0.883. The number of benzene rings is 2. The second-order valence-electron chi connectivity index (χ2n) is 6.60. The summed E-state index contributed by atoms with van der Waals surface area (Å²) in [6.07, 6.45) is 0. The van der Waals surface area contributed by atoms with Crippen LogP contribution in [0.25, 0.3) is 10.9 Å². The van der Waals surface area contributed by atoms with E-state index in [0.29, 0.717) is 5.69 Å². The number of H-pyrrole nitrogens is 1. The Morgan fingerprint density at radius 1 is 1.04 bits per heavy atom. The Hall–Kier alpha value is -2.79. The van der Waals surface area contributed by atoms with Crippen molar-refractivity contribution in [3.8, 4) is 11.5 Å². The number of hydrogen-bond donors (Lipinski definition) is 2. The molecule has 0 bridgehead atoms. The Morgan fingerprint density at radius 2 is 1.80 bits per heavy atom.